The second kappa shape index (κ2) is 9.03. The molecule has 2 saturated carbocycles. The van der Waals surface area contributed by atoms with Gasteiger partial charge in [-0.25, -0.2) is 4.99 Å². The normalized spacial score (nSPS) is 43.3. The highest BCUT2D eigenvalue weighted by Crippen LogP contribution is 2.75. The number of carbonyl (C=O) groups excluding carboxylic acids is 1. The van der Waals surface area contributed by atoms with E-state index in [0.29, 0.717) is 17.6 Å². The lowest BCUT2D eigenvalue weighted by atomic mass is 9.50. The molecule has 6 bridgehead atoms. The van der Waals surface area contributed by atoms with Crippen molar-refractivity contribution in [2.24, 2.45) is 45.0 Å². The summed E-state index contributed by atoms with van der Waals surface area (Å²) in [4.78, 5) is 18.3. The van der Waals surface area contributed by atoms with Gasteiger partial charge in [0.2, 0.25) is 0 Å². The van der Waals surface area contributed by atoms with Crippen molar-refractivity contribution in [2.45, 2.75) is 64.3 Å². The van der Waals surface area contributed by atoms with E-state index in [-0.39, 0.29) is 22.8 Å². The predicted octanol–water partition coefficient (Wildman–Crippen LogP) is 5.29. The van der Waals surface area contributed by atoms with Gasteiger partial charge in [-0.05, 0) is 73.7 Å². The standard InChI is InChI=1S/C23H35N3OS4/c1-22-7-9-29-31-13-17(26-21(24)25)5-2-14-12-30-28-8-6-15-3-4-16(22)10-18-20(14)19(27)11-23(15,18)22/h14-17H,2-13H2,1H3,(H4,24,25,26)/t14-,15-,16+,17-,22-,23-/m0/s1. The fraction of sp³-hybridized carbons (Fsp3) is 0.826. The summed E-state index contributed by atoms with van der Waals surface area (Å²) in [5, 5.41) is 0. The Morgan fingerprint density at radius 2 is 1.74 bits per heavy atom. The first-order valence-electron chi connectivity index (χ1n) is 11.8. The van der Waals surface area contributed by atoms with Crippen molar-refractivity contribution < 1.29 is 4.79 Å². The van der Waals surface area contributed by atoms with Crippen LogP contribution in [0.15, 0.2) is 16.1 Å². The lowest BCUT2D eigenvalue weighted by Gasteiger charge is -2.54. The molecule has 0 saturated heterocycles. The summed E-state index contributed by atoms with van der Waals surface area (Å²) >= 11 is 0. The van der Waals surface area contributed by atoms with Crippen molar-refractivity contribution in [3.63, 3.8) is 0 Å². The van der Waals surface area contributed by atoms with E-state index < -0.39 is 0 Å². The summed E-state index contributed by atoms with van der Waals surface area (Å²) < 4.78 is 0. The molecule has 3 aliphatic carbocycles. The first-order chi connectivity index (χ1) is 15.0. The van der Waals surface area contributed by atoms with Crippen LogP contribution in [0.2, 0.25) is 0 Å². The number of carbonyl (C=O) groups is 1. The lowest BCUT2D eigenvalue weighted by molar-refractivity contribution is -0.121. The molecule has 172 valence electrons. The maximum atomic E-state index is 13.7. The van der Waals surface area contributed by atoms with Crippen LogP contribution in [0.3, 0.4) is 0 Å². The van der Waals surface area contributed by atoms with Gasteiger partial charge in [0.25, 0.3) is 0 Å². The van der Waals surface area contributed by atoms with E-state index in [4.69, 9.17) is 11.5 Å². The topological polar surface area (TPSA) is 81.5 Å². The molecule has 0 unspecified atom stereocenters. The quantitative estimate of drug-likeness (QED) is 0.289. The molecule has 2 fully saturated rings. The first-order valence-corrected chi connectivity index (χ1v) is 16.8. The second-order valence-electron chi connectivity index (χ2n) is 10.3. The number of Topliss-reactive ketones (excluding diaryl/α,β-unsaturated/α-hetero) is 1. The van der Waals surface area contributed by atoms with Crippen molar-refractivity contribution in [3.05, 3.63) is 11.1 Å². The Morgan fingerprint density at radius 3 is 2.58 bits per heavy atom. The molecule has 4 N–H and O–H groups in total. The highest BCUT2D eigenvalue weighted by Gasteiger charge is 2.68. The average Bonchev–Trinajstić information content (AvgIpc) is 3.05. The van der Waals surface area contributed by atoms with Crippen LogP contribution in [0.25, 0.3) is 0 Å². The molecule has 4 nitrogen and oxygen atoms in total. The molecule has 6 atom stereocenters. The maximum Gasteiger partial charge on any atom is 0.186 e. The molecule has 5 rings (SSSR count). The predicted molar refractivity (Wildman–Crippen MR) is 139 cm³/mol. The van der Waals surface area contributed by atoms with Crippen LogP contribution in [-0.2, 0) is 4.79 Å². The van der Waals surface area contributed by atoms with Crippen LogP contribution >= 0.6 is 43.2 Å². The molecule has 0 radical (unpaired) electrons. The van der Waals surface area contributed by atoms with Crippen molar-refractivity contribution in [2.75, 3.05) is 23.0 Å². The van der Waals surface area contributed by atoms with Crippen LogP contribution < -0.4 is 11.5 Å². The van der Waals surface area contributed by atoms with E-state index in [1.807, 2.05) is 43.2 Å². The van der Waals surface area contributed by atoms with Crippen LogP contribution in [-0.4, -0.2) is 40.8 Å². The van der Waals surface area contributed by atoms with Crippen molar-refractivity contribution >= 4 is 54.9 Å². The third-order valence-electron chi connectivity index (χ3n) is 9.07. The summed E-state index contributed by atoms with van der Waals surface area (Å²) in [6.07, 6.45) is 9.18. The molecule has 0 amide bonds. The lowest BCUT2D eigenvalue weighted by Crippen LogP contribution is -2.48. The van der Waals surface area contributed by atoms with Crippen LogP contribution in [0, 0.1) is 28.6 Å². The van der Waals surface area contributed by atoms with Crippen molar-refractivity contribution in [3.8, 4) is 0 Å². The fourth-order valence-corrected chi connectivity index (χ4v) is 12.7. The number of nitrogens with two attached hydrogens (primary N) is 2. The summed E-state index contributed by atoms with van der Waals surface area (Å²) in [6, 6.07) is 0.145. The van der Waals surface area contributed by atoms with Gasteiger partial charge in [-0.3, -0.25) is 4.79 Å². The maximum absolute atomic E-state index is 13.7. The van der Waals surface area contributed by atoms with Gasteiger partial charge < -0.3 is 11.5 Å². The van der Waals surface area contributed by atoms with E-state index in [0.717, 1.165) is 42.4 Å². The Bertz CT molecular complexity index is 798. The number of guanidine groups is 1. The van der Waals surface area contributed by atoms with Gasteiger partial charge in [0, 0.05) is 34.8 Å². The Hall–Kier alpha value is 0.0800. The van der Waals surface area contributed by atoms with E-state index >= 15 is 0 Å². The number of aliphatic imine (C=N–C) groups is 1. The Morgan fingerprint density at radius 1 is 0.968 bits per heavy atom. The van der Waals surface area contributed by atoms with Gasteiger partial charge in [0.05, 0.1) is 6.04 Å². The van der Waals surface area contributed by atoms with Crippen LogP contribution in [0.4, 0.5) is 0 Å². The number of ketones is 1. The minimum atomic E-state index is 0.145. The molecule has 0 aromatic heterocycles. The third-order valence-corrected chi connectivity index (χ3v) is 14.1. The van der Waals surface area contributed by atoms with Crippen LogP contribution in [0.5, 0.6) is 0 Å². The molecule has 0 aromatic carbocycles. The third kappa shape index (κ3) is 3.79. The summed E-state index contributed by atoms with van der Waals surface area (Å²) in [5.41, 5.74) is 14.8. The van der Waals surface area contributed by atoms with Crippen LogP contribution in [0.1, 0.15) is 58.3 Å². The minimum absolute atomic E-state index is 0.145. The van der Waals surface area contributed by atoms with Crippen molar-refractivity contribution in [1.29, 1.82) is 0 Å². The smallest absolute Gasteiger partial charge is 0.186 e. The Labute approximate surface area is 202 Å². The van der Waals surface area contributed by atoms with E-state index in [1.54, 1.807) is 5.57 Å². The highest BCUT2D eigenvalue weighted by molar-refractivity contribution is 8.77. The number of nitrogens with zero attached hydrogens (tertiary/aromatic N) is 1. The van der Waals surface area contributed by atoms with Gasteiger partial charge in [-0.1, -0.05) is 55.7 Å². The van der Waals surface area contributed by atoms with Gasteiger partial charge in [0.1, 0.15) is 0 Å². The average molecular weight is 498 g/mol. The molecule has 31 heavy (non-hydrogen) atoms. The Balaban J connectivity index is 1.60. The van der Waals surface area contributed by atoms with E-state index in [9.17, 15) is 4.79 Å². The Kier molecular flexibility index (Phi) is 6.66. The van der Waals surface area contributed by atoms with Crippen molar-refractivity contribution in [1.82, 2.24) is 0 Å². The summed E-state index contributed by atoms with van der Waals surface area (Å²) in [5.74, 6) is 6.88. The monoisotopic (exact) mass is 497 g/mol. The number of hydrogen-bond donors (Lipinski definition) is 2. The molecular formula is C23H35N3OS4. The molecule has 2 heterocycles. The zero-order chi connectivity index (χ0) is 21.6. The molecule has 1 spiro atoms. The molecule has 0 aromatic rings. The van der Waals surface area contributed by atoms with Gasteiger partial charge in [0.15, 0.2) is 11.7 Å². The van der Waals surface area contributed by atoms with Gasteiger partial charge >= 0.3 is 0 Å². The zero-order valence-electron chi connectivity index (χ0n) is 18.4. The largest absolute Gasteiger partial charge is 0.370 e. The van der Waals surface area contributed by atoms with Gasteiger partial charge in [-0.15, -0.1) is 0 Å². The second-order valence-corrected chi connectivity index (χ2v) is 15.5. The summed E-state index contributed by atoms with van der Waals surface area (Å²) in [7, 11) is 7.96. The molecule has 2 aliphatic heterocycles. The molecule has 5 aliphatic rings. The number of allylic oxidation sites excluding steroid dienone is 2. The zero-order valence-corrected chi connectivity index (χ0v) is 21.7. The van der Waals surface area contributed by atoms with E-state index in [1.165, 1.54) is 43.4 Å². The molecule has 8 heteroatoms. The highest BCUT2D eigenvalue weighted by atomic mass is 33.1. The fourth-order valence-electron chi connectivity index (χ4n) is 7.68. The SMILES string of the molecule is C[C@]12CCSSC[C@@H](N=C(N)N)CC[C@H]3CSSCC[C@@H]4CC[C@@H]1CC1=C3C(=O)C[C@@]142. The first kappa shape index (κ1) is 22.9. The number of rotatable bonds is 1. The number of hydrogen-bond acceptors (Lipinski definition) is 6. The minimum Gasteiger partial charge on any atom is -0.370 e. The van der Waals surface area contributed by atoms with Gasteiger partial charge in [-0.2, -0.15) is 0 Å². The summed E-state index contributed by atoms with van der Waals surface area (Å²) in [6.45, 7) is 2.57. The van der Waals surface area contributed by atoms with E-state index in [2.05, 4.69) is 11.9 Å². The molecular weight excluding hydrogens is 463 g/mol.